The SMILES string of the molecule is CCOC(=O)c1cc(C(C)C)sc1NC(=O)COC(=O)CNS(=O)(=O)C=Cc1ccccc1. The molecule has 0 unspecified atom stereocenters. The van der Waals surface area contributed by atoms with Gasteiger partial charge in [-0.05, 0) is 30.5 Å². The summed E-state index contributed by atoms with van der Waals surface area (Å²) >= 11 is 1.23. The molecule has 1 aromatic heterocycles. The van der Waals surface area contributed by atoms with Crippen molar-refractivity contribution >= 4 is 50.3 Å². The molecule has 0 bridgehead atoms. The first-order chi connectivity index (χ1) is 15.6. The minimum absolute atomic E-state index is 0.135. The van der Waals surface area contributed by atoms with Crippen LogP contribution in [0.25, 0.3) is 6.08 Å². The molecular formula is C22H26N2O7S2. The second-order valence-electron chi connectivity index (χ2n) is 7.06. The highest BCUT2D eigenvalue weighted by Crippen LogP contribution is 2.33. The topological polar surface area (TPSA) is 128 Å². The number of amides is 1. The Bertz CT molecular complexity index is 1110. The normalized spacial score (nSPS) is 11.5. The fourth-order valence-electron chi connectivity index (χ4n) is 2.45. The molecule has 0 aliphatic rings. The van der Waals surface area contributed by atoms with E-state index in [1.807, 2.05) is 13.8 Å². The van der Waals surface area contributed by atoms with E-state index in [-0.39, 0.29) is 18.1 Å². The van der Waals surface area contributed by atoms with E-state index in [0.29, 0.717) is 10.6 Å². The molecule has 0 aliphatic heterocycles. The summed E-state index contributed by atoms with van der Waals surface area (Å²) in [5.41, 5.74) is 0.904. The van der Waals surface area contributed by atoms with Gasteiger partial charge in [0.05, 0.1) is 12.2 Å². The monoisotopic (exact) mass is 494 g/mol. The van der Waals surface area contributed by atoms with Crippen molar-refractivity contribution < 1.29 is 32.3 Å². The lowest BCUT2D eigenvalue weighted by atomic mass is 10.1. The van der Waals surface area contributed by atoms with Crippen LogP contribution < -0.4 is 10.0 Å². The number of thiophene rings is 1. The average Bonchev–Trinajstić information content (AvgIpc) is 3.20. The highest BCUT2D eigenvalue weighted by molar-refractivity contribution is 7.92. The summed E-state index contributed by atoms with van der Waals surface area (Å²) in [6.45, 7) is 4.48. The third kappa shape index (κ3) is 8.79. The lowest BCUT2D eigenvalue weighted by Gasteiger charge is -2.07. The van der Waals surface area contributed by atoms with Crippen LogP contribution in [0.3, 0.4) is 0 Å². The Hall–Kier alpha value is -3.02. The van der Waals surface area contributed by atoms with Crippen LogP contribution in [0.2, 0.25) is 0 Å². The average molecular weight is 495 g/mol. The zero-order valence-electron chi connectivity index (χ0n) is 18.5. The van der Waals surface area contributed by atoms with Crippen LogP contribution in [-0.2, 0) is 29.1 Å². The van der Waals surface area contributed by atoms with E-state index in [0.717, 1.165) is 10.3 Å². The quantitative estimate of drug-likeness (QED) is 0.459. The number of ether oxygens (including phenoxy) is 2. The van der Waals surface area contributed by atoms with E-state index in [9.17, 15) is 22.8 Å². The van der Waals surface area contributed by atoms with Gasteiger partial charge in [0, 0.05) is 10.3 Å². The molecule has 1 heterocycles. The fourth-order valence-corrected chi connectivity index (χ4v) is 4.26. The van der Waals surface area contributed by atoms with Gasteiger partial charge in [0.25, 0.3) is 5.91 Å². The van der Waals surface area contributed by atoms with Crippen molar-refractivity contribution in [1.82, 2.24) is 4.72 Å². The van der Waals surface area contributed by atoms with Crippen molar-refractivity contribution in [2.75, 3.05) is 25.1 Å². The highest BCUT2D eigenvalue weighted by Gasteiger charge is 2.21. The molecule has 0 aliphatic carbocycles. The summed E-state index contributed by atoms with van der Waals surface area (Å²) < 4.78 is 35.9. The molecule has 0 atom stereocenters. The van der Waals surface area contributed by atoms with Crippen molar-refractivity contribution in [2.24, 2.45) is 0 Å². The molecule has 2 aromatic rings. The number of carbonyl (C=O) groups excluding carboxylic acids is 3. The van der Waals surface area contributed by atoms with Crippen molar-refractivity contribution in [2.45, 2.75) is 26.7 Å². The summed E-state index contributed by atoms with van der Waals surface area (Å²) in [5.74, 6) is -2.03. The summed E-state index contributed by atoms with van der Waals surface area (Å²) in [6.07, 6.45) is 1.38. The van der Waals surface area contributed by atoms with Crippen LogP contribution in [-0.4, -0.2) is 46.0 Å². The maximum Gasteiger partial charge on any atom is 0.341 e. The van der Waals surface area contributed by atoms with E-state index in [4.69, 9.17) is 9.47 Å². The van der Waals surface area contributed by atoms with Gasteiger partial charge in [-0.1, -0.05) is 44.2 Å². The van der Waals surface area contributed by atoms with E-state index in [1.54, 1.807) is 43.3 Å². The number of sulfonamides is 1. The third-order valence-corrected chi connectivity index (χ3v) is 6.48. The predicted octanol–water partition coefficient (Wildman–Crippen LogP) is 3.12. The number of esters is 2. The maximum absolute atomic E-state index is 12.2. The van der Waals surface area contributed by atoms with Gasteiger partial charge in [-0.2, -0.15) is 0 Å². The molecule has 0 saturated heterocycles. The standard InChI is InChI=1S/C22H26N2O7S2/c1-4-30-22(27)17-12-18(15(2)3)32-21(17)24-19(25)14-31-20(26)13-23-33(28,29)11-10-16-8-6-5-7-9-16/h5-12,15,23H,4,13-14H2,1-3H3,(H,24,25). The van der Waals surface area contributed by atoms with E-state index >= 15 is 0 Å². The van der Waals surface area contributed by atoms with Crippen molar-refractivity contribution in [3.63, 3.8) is 0 Å². The van der Waals surface area contributed by atoms with Crippen LogP contribution in [0.15, 0.2) is 41.8 Å². The summed E-state index contributed by atoms with van der Waals surface area (Å²) in [6, 6.07) is 10.4. The lowest BCUT2D eigenvalue weighted by Crippen LogP contribution is -2.31. The molecule has 9 nitrogen and oxygen atoms in total. The number of rotatable bonds is 11. The van der Waals surface area contributed by atoms with Crippen molar-refractivity contribution in [3.8, 4) is 0 Å². The van der Waals surface area contributed by atoms with Gasteiger partial charge >= 0.3 is 11.9 Å². The van der Waals surface area contributed by atoms with Crippen LogP contribution >= 0.6 is 11.3 Å². The Morgan fingerprint density at radius 1 is 1.12 bits per heavy atom. The molecule has 33 heavy (non-hydrogen) atoms. The Labute approximate surface area is 196 Å². The Morgan fingerprint density at radius 2 is 1.82 bits per heavy atom. The van der Waals surface area contributed by atoms with Crippen LogP contribution in [0, 0.1) is 0 Å². The van der Waals surface area contributed by atoms with Crippen molar-refractivity contribution in [3.05, 3.63) is 57.8 Å². The molecule has 1 aromatic carbocycles. The maximum atomic E-state index is 12.2. The van der Waals surface area contributed by atoms with Gasteiger partial charge in [-0.25, -0.2) is 17.9 Å². The fraction of sp³-hybridized carbons (Fsp3) is 0.318. The summed E-state index contributed by atoms with van der Waals surface area (Å²) in [7, 11) is -3.87. The molecule has 2 N–H and O–H groups in total. The number of hydrogen-bond acceptors (Lipinski definition) is 8. The largest absolute Gasteiger partial charge is 0.462 e. The van der Waals surface area contributed by atoms with E-state index in [2.05, 4.69) is 10.0 Å². The number of carbonyl (C=O) groups is 3. The Kier molecular flexibility index (Phi) is 9.76. The molecule has 1 amide bonds. The minimum atomic E-state index is -3.87. The summed E-state index contributed by atoms with van der Waals surface area (Å²) in [5, 5.41) is 3.77. The molecule has 0 spiro atoms. The zero-order chi connectivity index (χ0) is 24.4. The Balaban J connectivity index is 1.87. The van der Waals surface area contributed by atoms with Gasteiger partial charge in [-0.3, -0.25) is 9.59 Å². The number of nitrogens with one attached hydrogen (secondary N) is 2. The van der Waals surface area contributed by atoms with Crippen molar-refractivity contribution in [1.29, 1.82) is 0 Å². The van der Waals surface area contributed by atoms with Gasteiger partial charge in [0.15, 0.2) is 6.61 Å². The summed E-state index contributed by atoms with van der Waals surface area (Å²) in [4.78, 5) is 37.1. The zero-order valence-corrected chi connectivity index (χ0v) is 20.1. The second-order valence-corrected chi connectivity index (χ2v) is 9.79. The smallest absolute Gasteiger partial charge is 0.341 e. The number of benzene rings is 1. The third-order valence-electron chi connectivity index (χ3n) is 4.09. The predicted molar refractivity (Wildman–Crippen MR) is 126 cm³/mol. The van der Waals surface area contributed by atoms with E-state index in [1.165, 1.54) is 17.4 Å². The van der Waals surface area contributed by atoms with Crippen LogP contribution in [0.5, 0.6) is 0 Å². The van der Waals surface area contributed by atoms with Crippen LogP contribution in [0.4, 0.5) is 5.00 Å². The minimum Gasteiger partial charge on any atom is -0.462 e. The molecule has 0 radical (unpaired) electrons. The first-order valence-electron chi connectivity index (χ1n) is 10.1. The Morgan fingerprint density at radius 3 is 2.45 bits per heavy atom. The van der Waals surface area contributed by atoms with E-state index < -0.39 is 41.0 Å². The van der Waals surface area contributed by atoms with Gasteiger partial charge in [0.2, 0.25) is 10.0 Å². The molecule has 0 saturated carbocycles. The first kappa shape index (κ1) is 26.2. The molecular weight excluding hydrogens is 468 g/mol. The second kappa shape index (κ2) is 12.3. The molecule has 0 fully saturated rings. The highest BCUT2D eigenvalue weighted by atomic mass is 32.2. The molecule has 11 heteroatoms. The molecule has 2 rings (SSSR count). The molecule has 178 valence electrons. The number of hydrogen-bond donors (Lipinski definition) is 2. The van der Waals surface area contributed by atoms with Crippen LogP contribution in [0.1, 0.15) is 47.5 Å². The van der Waals surface area contributed by atoms with Gasteiger partial charge < -0.3 is 14.8 Å². The lowest BCUT2D eigenvalue weighted by molar-refractivity contribution is -0.146. The first-order valence-corrected chi connectivity index (χ1v) is 12.5. The number of anilines is 1. The van der Waals surface area contributed by atoms with Gasteiger partial charge in [-0.15, -0.1) is 11.3 Å². The van der Waals surface area contributed by atoms with Gasteiger partial charge in [0.1, 0.15) is 11.5 Å².